The Bertz CT molecular complexity index is 1190. The van der Waals surface area contributed by atoms with Gasteiger partial charge in [0.15, 0.2) is 11.6 Å². The maximum absolute atomic E-state index is 13.5. The predicted octanol–water partition coefficient (Wildman–Crippen LogP) is 2.71. The van der Waals surface area contributed by atoms with Crippen LogP contribution in [0.5, 0.6) is 0 Å². The summed E-state index contributed by atoms with van der Waals surface area (Å²) in [5, 5.41) is 3.13. The van der Waals surface area contributed by atoms with Crippen molar-refractivity contribution in [2.75, 3.05) is 36.4 Å². The molecule has 31 heavy (non-hydrogen) atoms. The van der Waals surface area contributed by atoms with Crippen LogP contribution in [0.4, 0.5) is 26.2 Å². The molecule has 1 fully saturated rings. The molecule has 1 N–H and O–H groups in total. The zero-order chi connectivity index (χ0) is 22.0. The monoisotopic (exact) mass is 446 g/mol. The third-order valence-electron chi connectivity index (χ3n) is 4.84. The molecular formula is C20H20F2N6O2S. The SMILES string of the molecule is Cc1nc(Nc2ccccn2)cc(N2CCN(S(=O)(=O)c3ccc(F)c(F)c3)CC2)n1. The summed E-state index contributed by atoms with van der Waals surface area (Å²) in [4.78, 5) is 14.7. The highest BCUT2D eigenvalue weighted by atomic mass is 32.2. The Morgan fingerprint density at radius 3 is 2.39 bits per heavy atom. The second-order valence-electron chi connectivity index (χ2n) is 6.97. The normalized spacial score (nSPS) is 15.1. The number of rotatable bonds is 5. The second kappa shape index (κ2) is 8.52. The molecule has 1 saturated heterocycles. The summed E-state index contributed by atoms with van der Waals surface area (Å²) < 4.78 is 53.5. The van der Waals surface area contributed by atoms with Crippen LogP contribution < -0.4 is 10.2 Å². The minimum absolute atomic E-state index is 0.188. The predicted molar refractivity (Wildman–Crippen MR) is 112 cm³/mol. The number of aromatic nitrogens is 3. The number of hydrogen-bond donors (Lipinski definition) is 1. The fourth-order valence-corrected chi connectivity index (χ4v) is 4.72. The standard InChI is InChI=1S/C20H20F2N6O2S/c1-14-24-19(26-18-4-2-3-7-23-18)13-20(25-14)27-8-10-28(11-9-27)31(29,30)15-5-6-16(21)17(22)12-15/h2-7,12-13H,8-11H2,1H3,(H,23,24,25,26). The summed E-state index contributed by atoms with van der Waals surface area (Å²) in [6, 6.07) is 9.87. The molecule has 0 spiro atoms. The van der Waals surface area contributed by atoms with Gasteiger partial charge in [0.05, 0.1) is 4.90 Å². The number of aryl methyl sites for hydroxylation is 1. The maximum Gasteiger partial charge on any atom is 0.243 e. The van der Waals surface area contributed by atoms with E-state index in [2.05, 4.69) is 20.3 Å². The molecule has 0 saturated carbocycles. The third kappa shape index (κ3) is 4.62. The Morgan fingerprint density at radius 1 is 0.935 bits per heavy atom. The molecular weight excluding hydrogens is 426 g/mol. The van der Waals surface area contributed by atoms with Crippen molar-refractivity contribution in [1.82, 2.24) is 19.3 Å². The molecule has 0 bridgehead atoms. The van der Waals surface area contributed by atoms with Crippen molar-refractivity contribution in [3.05, 3.63) is 66.1 Å². The minimum Gasteiger partial charge on any atom is -0.354 e. The highest BCUT2D eigenvalue weighted by Gasteiger charge is 2.29. The van der Waals surface area contributed by atoms with Crippen LogP contribution in [0.3, 0.4) is 0 Å². The Labute approximate surface area is 178 Å². The van der Waals surface area contributed by atoms with E-state index in [1.54, 1.807) is 19.2 Å². The third-order valence-corrected chi connectivity index (χ3v) is 6.73. The van der Waals surface area contributed by atoms with Gasteiger partial charge < -0.3 is 10.2 Å². The van der Waals surface area contributed by atoms with Crippen LogP contribution in [0.25, 0.3) is 0 Å². The van der Waals surface area contributed by atoms with E-state index in [4.69, 9.17) is 0 Å². The first-order chi connectivity index (χ1) is 14.8. The fourth-order valence-electron chi connectivity index (χ4n) is 3.29. The topological polar surface area (TPSA) is 91.3 Å². The van der Waals surface area contributed by atoms with E-state index >= 15 is 0 Å². The van der Waals surface area contributed by atoms with Gasteiger partial charge in [0, 0.05) is 38.4 Å². The Morgan fingerprint density at radius 2 is 1.71 bits per heavy atom. The quantitative estimate of drug-likeness (QED) is 0.644. The Balaban J connectivity index is 1.48. The van der Waals surface area contributed by atoms with E-state index in [1.807, 2.05) is 23.1 Å². The van der Waals surface area contributed by atoms with Gasteiger partial charge in [-0.3, -0.25) is 0 Å². The van der Waals surface area contributed by atoms with Crippen molar-refractivity contribution in [2.45, 2.75) is 11.8 Å². The number of pyridine rings is 1. The van der Waals surface area contributed by atoms with Gasteiger partial charge in [0.1, 0.15) is 23.3 Å². The van der Waals surface area contributed by atoms with E-state index in [1.165, 1.54) is 4.31 Å². The van der Waals surface area contributed by atoms with Gasteiger partial charge in [-0.05, 0) is 37.3 Å². The van der Waals surface area contributed by atoms with Crippen molar-refractivity contribution in [1.29, 1.82) is 0 Å². The molecule has 0 amide bonds. The van der Waals surface area contributed by atoms with E-state index in [0.717, 1.165) is 12.1 Å². The molecule has 8 nitrogen and oxygen atoms in total. The summed E-state index contributed by atoms with van der Waals surface area (Å²) in [7, 11) is -3.92. The second-order valence-corrected chi connectivity index (χ2v) is 8.90. The molecule has 3 heterocycles. The Kier molecular flexibility index (Phi) is 5.79. The summed E-state index contributed by atoms with van der Waals surface area (Å²) in [5.74, 6) is 0.178. The van der Waals surface area contributed by atoms with Crippen LogP contribution in [0.15, 0.2) is 53.6 Å². The molecule has 1 aromatic carbocycles. The number of piperazine rings is 1. The first-order valence-electron chi connectivity index (χ1n) is 9.57. The lowest BCUT2D eigenvalue weighted by molar-refractivity contribution is 0.383. The molecule has 3 aromatic rings. The largest absolute Gasteiger partial charge is 0.354 e. The van der Waals surface area contributed by atoms with Gasteiger partial charge in [-0.1, -0.05) is 6.07 Å². The highest BCUT2D eigenvalue weighted by Crippen LogP contribution is 2.23. The maximum atomic E-state index is 13.5. The van der Waals surface area contributed by atoms with Gasteiger partial charge in [0.25, 0.3) is 0 Å². The minimum atomic E-state index is -3.92. The van der Waals surface area contributed by atoms with Crippen LogP contribution in [0.2, 0.25) is 0 Å². The van der Waals surface area contributed by atoms with Crippen LogP contribution >= 0.6 is 0 Å². The van der Waals surface area contributed by atoms with Gasteiger partial charge in [-0.15, -0.1) is 0 Å². The highest BCUT2D eigenvalue weighted by molar-refractivity contribution is 7.89. The summed E-state index contributed by atoms with van der Waals surface area (Å²) in [6.45, 7) is 2.93. The van der Waals surface area contributed by atoms with Gasteiger partial charge in [-0.25, -0.2) is 32.2 Å². The van der Waals surface area contributed by atoms with Crippen molar-refractivity contribution in [3.63, 3.8) is 0 Å². The zero-order valence-corrected chi connectivity index (χ0v) is 17.5. The van der Waals surface area contributed by atoms with Gasteiger partial charge in [-0.2, -0.15) is 4.31 Å². The number of anilines is 3. The zero-order valence-electron chi connectivity index (χ0n) is 16.7. The van der Waals surface area contributed by atoms with E-state index in [9.17, 15) is 17.2 Å². The number of sulfonamides is 1. The summed E-state index contributed by atoms with van der Waals surface area (Å²) >= 11 is 0. The summed E-state index contributed by atoms with van der Waals surface area (Å²) in [5.41, 5.74) is 0. The lowest BCUT2D eigenvalue weighted by Crippen LogP contribution is -2.49. The summed E-state index contributed by atoms with van der Waals surface area (Å²) in [6.07, 6.45) is 1.67. The number of hydrogen-bond acceptors (Lipinski definition) is 7. The lowest BCUT2D eigenvalue weighted by Gasteiger charge is -2.34. The molecule has 2 aromatic heterocycles. The van der Waals surface area contributed by atoms with E-state index < -0.39 is 21.7 Å². The van der Waals surface area contributed by atoms with Gasteiger partial charge >= 0.3 is 0 Å². The molecule has 0 atom stereocenters. The molecule has 4 rings (SSSR count). The van der Waals surface area contributed by atoms with Crippen LogP contribution in [-0.4, -0.2) is 53.9 Å². The molecule has 0 aliphatic carbocycles. The van der Waals surface area contributed by atoms with Crippen LogP contribution in [0.1, 0.15) is 5.82 Å². The van der Waals surface area contributed by atoms with Crippen molar-refractivity contribution < 1.29 is 17.2 Å². The van der Waals surface area contributed by atoms with Crippen LogP contribution in [0, 0.1) is 18.6 Å². The van der Waals surface area contributed by atoms with Gasteiger partial charge in [0.2, 0.25) is 10.0 Å². The van der Waals surface area contributed by atoms with E-state index in [-0.39, 0.29) is 18.0 Å². The number of halogens is 2. The smallest absolute Gasteiger partial charge is 0.243 e. The van der Waals surface area contributed by atoms with Crippen molar-refractivity contribution in [3.8, 4) is 0 Å². The molecule has 1 aliphatic rings. The molecule has 11 heteroatoms. The first-order valence-corrected chi connectivity index (χ1v) is 11.0. The fraction of sp³-hybridized carbons (Fsp3) is 0.250. The van der Waals surface area contributed by atoms with Crippen LogP contribution in [-0.2, 0) is 10.0 Å². The van der Waals surface area contributed by atoms with Crippen molar-refractivity contribution >= 4 is 27.5 Å². The number of nitrogens with zero attached hydrogens (tertiary/aromatic N) is 5. The Hall–Kier alpha value is -3.18. The molecule has 162 valence electrons. The average molecular weight is 446 g/mol. The lowest BCUT2D eigenvalue weighted by atomic mass is 10.3. The number of benzene rings is 1. The average Bonchev–Trinajstić information content (AvgIpc) is 2.76. The molecule has 0 radical (unpaired) electrons. The van der Waals surface area contributed by atoms with E-state index in [0.29, 0.717) is 42.4 Å². The van der Waals surface area contributed by atoms with Crippen molar-refractivity contribution in [2.24, 2.45) is 0 Å². The first kappa shape index (κ1) is 21.1. The molecule has 0 unspecified atom stereocenters. The number of nitrogens with one attached hydrogen (secondary N) is 1. The molecule has 1 aliphatic heterocycles.